The predicted molar refractivity (Wildman–Crippen MR) is 74.6 cm³/mol. The summed E-state index contributed by atoms with van der Waals surface area (Å²) in [5.41, 5.74) is 2.09. The molecule has 2 aliphatic rings. The van der Waals surface area contributed by atoms with Gasteiger partial charge in [0.2, 0.25) is 5.28 Å². The Bertz CT molecular complexity index is 449. The quantitative estimate of drug-likeness (QED) is 0.852. The molecule has 0 atom stereocenters. The Labute approximate surface area is 118 Å². The minimum absolute atomic E-state index is 0.323. The first kappa shape index (κ1) is 13.1. The van der Waals surface area contributed by atoms with Gasteiger partial charge in [-0.2, -0.15) is 0 Å². The molecule has 104 valence electrons. The van der Waals surface area contributed by atoms with Crippen molar-refractivity contribution in [1.29, 1.82) is 0 Å². The van der Waals surface area contributed by atoms with E-state index in [9.17, 15) is 0 Å². The lowest BCUT2D eigenvalue weighted by Gasteiger charge is -2.20. The highest BCUT2D eigenvalue weighted by atomic mass is 35.5. The second kappa shape index (κ2) is 6.03. The van der Waals surface area contributed by atoms with E-state index in [1.807, 2.05) is 0 Å². The number of ether oxygens (including phenoxy) is 1. The lowest BCUT2D eigenvalue weighted by Crippen LogP contribution is -2.27. The molecule has 3 heterocycles. The van der Waals surface area contributed by atoms with Crippen molar-refractivity contribution in [2.45, 2.75) is 25.9 Å². The van der Waals surface area contributed by atoms with Crippen LogP contribution in [0.3, 0.4) is 0 Å². The second-order valence-electron chi connectivity index (χ2n) is 5.04. The van der Waals surface area contributed by atoms with Crippen LogP contribution in [-0.2, 0) is 17.8 Å². The number of nitrogens with one attached hydrogen (secondary N) is 1. The van der Waals surface area contributed by atoms with Crippen molar-refractivity contribution >= 4 is 17.4 Å². The molecule has 2 aliphatic heterocycles. The number of rotatable bonds is 4. The lowest BCUT2D eigenvalue weighted by atomic mass is 10.1. The van der Waals surface area contributed by atoms with Gasteiger partial charge in [0.05, 0.1) is 18.9 Å². The van der Waals surface area contributed by atoms with Crippen LogP contribution in [0, 0.1) is 0 Å². The fourth-order valence-electron chi connectivity index (χ4n) is 2.69. The maximum atomic E-state index is 5.97. The van der Waals surface area contributed by atoms with Gasteiger partial charge < -0.3 is 15.0 Å². The molecule has 0 amide bonds. The highest BCUT2D eigenvalue weighted by molar-refractivity contribution is 6.28. The van der Waals surface area contributed by atoms with Gasteiger partial charge in [-0.25, -0.2) is 9.97 Å². The maximum absolute atomic E-state index is 5.97. The molecule has 0 spiro atoms. The van der Waals surface area contributed by atoms with Gasteiger partial charge in [0, 0.05) is 25.1 Å². The van der Waals surface area contributed by atoms with E-state index in [-0.39, 0.29) is 0 Å². The van der Waals surface area contributed by atoms with Gasteiger partial charge in [-0.15, -0.1) is 0 Å². The number of halogens is 1. The Morgan fingerprint density at radius 1 is 1.26 bits per heavy atom. The molecule has 0 aliphatic carbocycles. The molecule has 0 radical (unpaired) electrons. The number of aromatic nitrogens is 2. The average molecular weight is 283 g/mol. The molecule has 1 saturated heterocycles. The molecule has 0 saturated carbocycles. The lowest BCUT2D eigenvalue weighted by molar-refractivity contribution is 0.109. The van der Waals surface area contributed by atoms with Crippen molar-refractivity contribution in [2.75, 3.05) is 38.1 Å². The SMILES string of the molecule is Clc1nc2c(c(NCCN3CCCC3)n1)COCC2. The van der Waals surface area contributed by atoms with E-state index in [0.717, 1.165) is 36.6 Å². The molecule has 19 heavy (non-hydrogen) atoms. The normalized spacial score (nSPS) is 19.4. The third-order valence-corrected chi connectivity index (χ3v) is 3.88. The first-order valence-corrected chi connectivity index (χ1v) is 7.30. The topological polar surface area (TPSA) is 50.3 Å². The number of hydrogen-bond acceptors (Lipinski definition) is 5. The van der Waals surface area contributed by atoms with Gasteiger partial charge in [-0.3, -0.25) is 0 Å². The number of fused-ring (bicyclic) bond motifs is 1. The number of hydrogen-bond donors (Lipinski definition) is 1. The summed E-state index contributed by atoms with van der Waals surface area (Å²) in [6.45, 7) is 5.67. The van der Waals surface area contributed by atoms with Crippen molar-refractivity contribution in [1.82, 2.24) is 14.9 Å². The Morgan fingerprint density at radius 2 is 2.11 bits per heavy atom. The molecular weight excluding hydrogens is 264 g/mol. The third kappa shape index (κ3) is 3.16. The van der Waals surface area contributed by atoms with Crippen LogP contribution in [0.2, 0.25) is 5.28 Å². The zero-order chi connectivity index (χ0) is 13.1. The van der Waals surface area contributed by atoms with Gasteiger partial charge in [0.25, 0.3) is 0 Å². The molecule has 1 aromatic rings. The summed E-state index contributed by atoms with van der Waals surface area (Å²) in [6, 6.07) is 0. The van der Waals surface area contributed by atoms with Crippen LogP contribution in [-0.4, -0.2) is 47.7 Å². The Kier molecular flexibility index (Phi) is 4.15. The Balaban J connectivity index is 1.64. The van der Waals surface area contributed by atoms with Crippen molar-refractivity contribution in [3.8, 4) is 0 Å². The molecular formula is C13H19ClN4O. The van der Waals surface area contributed by atoms with E-state index in [0.29, 0.717) is 18.5 Å². The van der Waals surface area contributed by atoms with E-state index in [4.69, 9.17) is 16.3 Å². The van der Waals surface area contributed by atoms with E-state index < -0.39 is 0 Å². The number of nitrogens with zero attached hydrogens (tertiary/aromatic N) is 3. The minimum atomic E-state index is 0.323. The summed E-state index contributed by atoms with van der Waals surface area (Å²) in [4.78, 5) is 11.1. The van der Waals surface area contributed by atoms with Crippen LogP contribution in [0.4, 0.5) is 5.82 Å². The smallest absolute Gasteiger partial charge is 0.224 e. The molecule has 0 unspecified atom stereocenters. The predicted octanol–water partition coefficient (Wildman–Crippen LogP) is 1.71. The third-order valence-electron chi connectivity index (χ3n) is 3.71. The van der Waals surface area contributed by atoms with Gasteiger partial charge in [-0.1, -0.05) is 0 Å². The first-order chi connectivity index (χ1) is 9.33. The average Bonchev–Trinajstić information content (AvgIpc) is 2.91. The van der Waals surface area contributed by atoms with Crippen LogP contribution in [0.15, 0.2) is 0 Å². The summed E-state index contributed by atoms with van der Waals surface area (Å²) < 4.78 is 5.48. The van der Waals surface area contributed by atoms with Crippen molar-refractivity contribution < 1.29 is 4.74 Å². The molecule has 0 bridgehead atoms. The van der Waals surface area contributed by atoms with E-state index in [1.165, 1.54) is 25.9 Å². The van der Waals surface area contributed by atoms with Gasteiger partial charge >= 0.3 is 0 Å². The molecule has 0 aromatic carbocycles. The molecule has 5 nitrogen and oxygen atoms in total. The molecule has 6 heteroatoms. The highest BCUT2D eigenvalue weighted by Gasteiger charge is 2.18. The zero-order valence-electron chi connectivity index (χ0n) is 11.0. The van der Waals surface area contributed by atoms with Crippen molar-refractivity contribution in [2.24, 2.45) is 0 Å². The summed E-state index contributed by atoms with van der Waals surface area (Å²) in [5, 5.41) is 3.71. The van der Waals surface area contributed by atoms with E-state index in [2.05, 4.69) is 20.2 Å². The Morgan fingerprint density at radius 3 is 2.95 bits per heavy atom. The van der Waals surface area contributed by atoms with Crippen LogP contribution in [0.1, 0.15) is 24.1 Å². The summed E-state index contributed by atoms with van der Waals surface area (Å²) in [7, 11) is 0. The van der Waals surface area contributed by atoms with Crippen molar-refractivity contribution in [3.05, 3.63) is 16.5 Å². The van der Waals surface area contributed by atoms with Crippen LogP contribution in [0.5, 0.6) is 0 Å². The minimum Gasteiger partial charge on any atom is -0.376 e. The summed E-state index contributed by atoms with van der Waals surface area (Å²) in [5.74, 6) is 0.842. The fourth-order valence-corrected chi connectivity index (χ4v) is 2.87. The second-order valence-corrected chi connectivity index (χ2v) is 5.38. The van der Waals surface area contributed by atoms with E-state index >= 15 is 0 Å². The van der Waals surface area contributed by atoms with Crippen LogP contribution < -0.4 is 5.32 Å². The maximum Gasteiger partial charge on any atom is 0.224 e. The standard InChI is InChI=1S/C13H19ClN4O/c14-13-16-11-3-8-19-9-10(11)12(17-13)15-4-7-18-5-1-2-6-18/h1-9H2,(H,15,16,17). The number of anilines is 1. The van der Waals surface area contributed by atoms with E-state index in [1.54, 1.807) is 0 Å². The summed E-state index contributed by atoms with van der Waals surface area (Å²) in [6.07, 6.45) is 3.46. The van der Waals surface area contributed by atoms with Crippen molar-refractivity contribution in [3.63, 3.8) is 0 Å². The molecule has 3 rings (SSSR count). The van der Waals surface area contributed by atoms with Gasteiger partial charge in [0.1, 0.15) is 5.82 Å². The first-order valence-electron chi connectivity index (χ1n) is 6.92. The zero-order valence-corrected chi connectivity index (χ0v) is 11.7. The monoisotopic (exact) mass is 282 g/mol. The highest BCUT2D eigenvalue weighted by Crippen LogP contribution is 2.23. The summed E-state index contributed by atoms with van der Waals surface area (Å²) >= 11 is 5.97. The van der Waals surface area contributed by atoms with Crippen LogP contribution >= 0.6 is 11.6 Å². The fraction of sp³-hybridized carbons (Fsp3) is 0.692. The largest absolute Gasteiger partial charge is 0.376 e. The molecule has 1 aromatic heterocycles. The molecule has 1 N–H and O–H groups in total. The number of likely N-dealkylation sites (tertiary alicyclic amines) is 1. The Hall–Kier alpha value is -0.910. The van der Waals surface area contributed by atoms with Crippen LogP contribution in [0.25, 0.3) is 0 Å². The van der Waals surface area contributed by atoms with Gasteiger partial charge in [0.15, 0.2) is 0 Å². The molecule has 1 fully saturated rings. The van der Waals surface area contributed by atoms with Gasteiger partial charge in [-0.05, 0) is 37.5 Å².